The van der Waals surface area contributed by atoms with Crippen LogP contribution in [0.25, 0.3) is 5.69 Å². The zero-order valence-electron chi connectivity index (χ0n) is 14.6. The van der Waals surface area contributed by atoms with Gasteiger partial charge in [-0.1, -0.05) is 23.7 Å². The molecule has 6 nitrogen and oxygen atoms in total. The van der Waals surface area contributed by atoms with Gasteiger partial charge in [-0.3, -0.25) is 4.79 Å². The summed E-state index contributed by atoms with van der Waals surface area (Å²) in [6, 6.07) is 12.5. The van der Waals surface area contributed by atoms with Crippen LogP contribution in [0.5, 0.6) is 11.5 Å². The van der Waals surface area contributed by atoms with Crippen LogP contribution in [0.1, 0.15) is 30.4 Å². The first kappa shape index (κ1) is 17.4. The molecule has 1 aliphatic heterocycles. The fourth-order valence-corrected chi connectivity index (χ4v) is 3.52. The number of aromatic nitrogens is 2. The number of nitrogens with zero attached hydrogens (tertiary/aromatic N) is 2. The Kier molecular flexibility index (Phi) is 4.49. The van der Waals surface area contributed by atoms with Crippen LogP contribution in [0.3, 0.4) is 0 Å². The number of rotatable bonds is 4. The number of ether oxygens (including phenoxy) is 1. The molecule has 2 N–H and O–H groups in total. The summed E-state index contributed by atoms with van der Waals surface area (Å²) in [6.07, 6.45) is 2.05. The number of benzene rings is 2. The number of carbonyl (C=O) groups excluding carboxylic acids is 1. The van der Waals surface area contributed by atoms with Crippen LogP contribution in [0.15, 0.2) is 48.7 Å². The molecule has 138 valence electrons. The third-order valence-electron chi connectivity index (χ3n) is 4.56. The first-order valence-corrected chi connectivity index (χ1v) is 9.04. The molecule has 0 saturated heterocycles. The molecule has 0 spiro atoms. The van der Waals surface area contributed by atoms with E-state index in [1.165, 1.54) is 0 Å². The van der Waals surface area contributed by atoms with Gasteiger partial charge in [0.2, 0.25) is 5.91 Å². The second kappa shape index (κ2) is 6.96. The van der Waals surface area contributed by atoms with Gasteiger partial charge in [0.05, 0.1) is 18.5 Å². The Labute approximate surface area is 161 Å². The third kappa shape index (κ3) is 3.24. The van der Waals surface area contributed by atoms with Crippen molar-refractivity contribution in [2.24, 2.45) is 0 Å². The molecular formula is C20H18ClN3O3. The molecule has 2 aromatic carbocycles. The van der Waals surface area contributed by atoms with Crippen LogP contribution in [0, 0.1) is 0 Å². The number of hydrogen-bond donors (Lipinski definition) is 2. The van der Waals surface area contributed by atoms with Crippen molar-refractivity contribution in [3.63, 3.8) is 0 Å². The average molecular weight is 384 g/mol. The normalized spacial score (nSPS) is 15.9. The standard InChI is InChI=1S/C20H18ClN3O3/c1-2-27-18-8-12(6-7-17(18)25)15-10-19(26)23-20-16(15)11-22-24(20)14-5-3-4-13(21)9-14/h3-9,11,15,25H,2,10H2,1H3,(H,23,26). The van der Waals surface area contributed by atoms with Gasteiger partial charge in [0.15, 0.2) is 11.5 Å². The number of halogens is 1. The number of phenols is 1. The highest BCUT2D eigenvalue weighted by Gasteiger charge is 2.31. The van der Waals surface area contributed by atoms with Gasteiger partial charge in [-0.2, -0.15) is 5.10 Å². The molecule has 4 rings (SSSR count). The van der Waals surface area contributed by atoms with Crippen molar-refractivity contribution < 1.29 is 14.6 Å². The topological polar surface area (TPSA) is 76.4 Å². The second-order valence-corrected chi connectivity index (χ2v) is 6.74. The lowest BCUT2D eigenvalue weighted by atomic mass is 9.87. The van der Waals surface area contributed by atoms with Crippen molar-refractivity contribution in [2.75, 3.05) is 11.9 Å². The van der Waals surface area contributed by atoms with Gasteiger partial charge in [0, 0.05) is 22.9 Å². The van der Waals surface area contributed by atoms with Crippen LogP contribution < -0.4 is 10.1 Å². The number of hydrogen-bond acceptors (Lipinski definition) is 4. The molecule has 0 aliphatic carbocycles. The van der Waals surface area contributed by atoms with E-state index >= 15 is 0 Å². The number of phenolic OH excluding ortho intramolecular Hbond substituents is 1. The zero-order valence-corrected chi connectivity index (χ0v) is 15.4. The van der Waals surface area contributed by atoms with Crippen molar-refractivity contribution in [3.05, 3.63) is 64.8 Å². The van der Waals surface area contributed by atoms with Gasteiger partial charge in [0.25, 0.3) is 0 Å². The summed E-state index contributed by atoms with van der Waals surface area (Å²) in [5.41, 5.74) is 2.56. The van der Waals surface area contributed by atoms with Gasteiger partial charge in [0.1, 0.15) is 5.82 Å². The Morgan fingerprint density at radius 2 is 2.19 bits per heavy atom. The SMILES string of the molecule is CCOc1cc(C2CC(=O)Nc3c2cnn3-c2cccc(Cl)c2)ccc1O. The molecule has 1 aromatic heterocycles. The minimum absolute atomic E-state index is 0.0794. The molecule has 0 radical (unpaired) electrons. The van der Waals surface area contributed by atoms with Crippen LogP contribution >= 0.6 is 11.6 Å². The van der Waals surface area contributed by atoms with E-state index in [-0.39, 0.29) is 17.6 Å². The van der Waals surface area contributed by atoms with Crippen molar-refractivity contribution >= 4 is 23.3 Å². The molecule has 0 saturated carbocycles. The maximum absolute atomic E-state index is 12.4. The number of nitrogens with one attached hydrogen (secondary N) is 1. The summed E-state index contributed by atoms with van der Waals surface area (Å²) in [6.45, 7) is 2.30. The maximum Gasteiger partial charge on any atom is 0.226 e. The van der Waals surface area contributed by atoms with E-state index in [4.69, 9.17) is 16.3 Å². The van der Waals surface area contributed by atoms with Crippen molar-refractivity contribution in [1.29, 1.82) is 0 Å². The lowest BCUT2D eigenvalue weighted by Crippen LogP contribution is -2.24. The van der Waals surface area contributed by atoms with Crippen LogP contribution in [-0.2, 0) is 4.79 Å². The van der Waals surface area contributed by atoms with Crippen molar-refractivity contribution in [2.45, 2.75) is 19.3 Å². The van der Waals surface area contributed by atoms with Gasteiger partial charge in [-0.05, 0) is 42.8 Å². The minimum Gasteiger partial charge on any atom is -0.504 e. The summed E-state index contributed by atoms with van der Waals surface area (Å²) in [7, 11) is 0. The largest absolute Gasteiger partial charge is 0.504 e. The van der Waals surface area contributed by atoms with E-state index in [1.54, 1.807) is 35.1 Å². The number of aromatic hydroxyl groups is 1. The molecule has 1 unspecified atom stereocenters. The molecule has 0 fully saturated rings. The second-order valence-electron chi connectivity index (χ2n) is 6.31. The van der Waals surface area contributed by atoms with Crippen molar-refractivity contribution in [1.82, 2.24) is 9.78 Å². The summed E-state index contributed by atoms with van der Waals surface area (Å²) in [5.74, 6) is 0.842. The number of carbonyl (C=O) groups is 1. The number of amides is 1. The third-order valence-corrected chi connectivity index (χ3v) is 4.79. The summed E-state index contributed by atoms with van der Waals surface area (Å²) in [4.78, 5) is 12.4. The van der Waals surface area contributed by atoms with E-state index in [1.807, 2.05) is 25.1 Å². The molecule has 1 aliphatic rings. The van der Waals surface area contributed by atoms with E-state index in [0.717, 1.165) is 16.8 Å². The van der Waals surface area contributed by atoms with E-state index < -0.39 is 0 Å². The highest BCUT2D eigenvalue weighted by Crippen LogP contribution is 2.40. The highest BCUT2D eigenvalue weighted by atomic mass is 35.5. The predicted octanol–water partition coefficient (Wildman–Crippen LogP) is 4.10. The maximum atomic E-state index is 12.4. The number of anilines is 1. The molecule has 3 aromatic rings. The van der Waals surface area contributed by atoms with Crippen LogP contribution in [-0.4, -0.2) is 27.4 Å². The lowest BCUT2D eigenvalue weighted by molar-refractivity contribution is -0.116. The predicted molar refractivity (Wildman–Crippen MR) is 103 cm³/mol. The monoisotopic (exact) mass is 383 g/mol. The zero-order chi connectivity index (χ0) is 19.0. The molecule has 1 atom stereocenters. The summed E-state index contributed by atoms with van der Waals surface area (Å²) < 4.78 is 7.16. The Morgan fingerprint density at radius 3 is 2.96 bits per heavy atom. The van der Waals surface area contributed by atoms with Crippen molar-refractivity contribution in [3.8, 4) is 17.2 Å². The van der Waals surface area contributed by atoms with Crippen LogP contribution in [0.4, 0.5) is 5.82 Å². The van der Waals surface area contributed by atoms with E-state index in [2.05, 4.69) is 10.4 Å². The number of fused-ring (bicyclic) bond motifs is 1. The first-order chi connectivity index (χ1) is 13.1. The van der Waals surface area contributed by atoms with Gasteiger partial charge in [-0.25, -0.2) is 4.68 Å². The summed E-state index contributed by atoms with van der Waals surface area (Å²) >= 11 is 6.09. The summed E-state index contributed by atoms with van der Waals surface area (Å²) in [5, 5.41) is 17.9. The fraction of sp³-hybridized carbons (Fsp3) is 0.200. The van der Waals surface area contributed by atoms with Gasteiger partial charge in [-0.15, -0.1) is 0 Å². The fourth-order valence-electron chi connectivity index (χ4n) is 3.34. The average Bonchev–Trinajstić information content (AvgIpc) is 3.07. The van der Waals surface area contributed by atoms with Gasteiger partial charge >= 0.3 is 0 Å². The molecule has 1 amide bonds. The van der Waals surface area contributed by atoms with Crippen LogP contribution in [0.2, 0.25) is 5.02 Å². The lowest BCUT2D eigenvalue weighted by Gasteiger charge is -2.24. The van der Waals surface area contributed by atoms with E-state index in [9.17, 15) is 9.90 Å². The molecule has 27 heavy (non-hydrogen) atoms. The Morgan fingerprint density at radius 1 is 1.33 bits per heavy atom. The molecule has 7 heteroatoms. The molecular weight excluding hydrogens is 366 g/mol. The first-order valence-electron chi connectivity index (χ1n) is 8.66. The van der Waals surface area contributed by atoms with E-state index in [0.29, 0.717) is 29.6 Å². The van der Waals surface area contributed by atoms with Gasteiger partial charge < -0.3 is 15.2 Å². The highest BCUT2D eigenvalue weighted by molar-refractivity contribution is 6.30. The Hall–Kier alpha value is -2.99. The Bertz CT molecular complexity index is 1020. The molecule has 0 bridgehead atoms. The Balaban J connectivity index is 1.79. The molecule has 2 heterocycles. The smallest absolute Gasteiger partial charge is 0.226 e. The minimum atomic E-state index is -0.179. The quantitative estimate of drug-likeness (QED) is 0.711.